The summed E-state index contributed by atoms with van der Waals surface area (Å²) in [6.07, 6.45) is 9.18. The maximum Gasteiger partial charge on any atom is 0.227 e. The van der Waals surface area contributed by atoms with E-state index in [1.54, 1.807) is 0 Å². The number of hydrogen-bond donors (Lipinski definition) is 2. The van der Waals surface area contributed by atoms with Gasteiger partial charge in [0.1, 0.15) is 0 Å². The second kappa shape index (κ2) is 9.41. The summed E-state index contributed by atoms with van der Waals surface area (Å²) in [6, 6.07) is 6.20. The molecule has 0 aliphatic heterocycles. The number of nitrogens with one attached hydrogen (secondary N) is 2. The number of hydrogen-bond acceptors (Lipinski definition) is 2. The average Bonchev–Trinajstić information content (AvgIpc) is 3.38. The fraction of sp³-hybridized carbons (Fsp3) is 0.609. The zero-order valence-corrected chi connectivity index (χ0v) is 17.2. The van der Waals surface area contributed by atoms with E-state index in [1.807, 2.05) is 13.0 Å². The zero-order valence-electron chi connectivity index (χ0n) is 17.2. The van der Waals surface area contributed by atoms with Gasteiger partial charge >= 0.3 is 0 Å². The van der Waals surface area contributed by atoms with Gasteiger partial charge < -0.3 is 15.2 Å². The van der Waals surface area contributed by atoms with Gasteiger partial charge in [0.25, 0.3) is 0 Å². The van der Waals surface area contributed by atoms with Crippen LogP contribution < -0.4 is 5.32 Å². The van der Waals surface area contributed by atoms with E-state index in [0.29, 0.717) is 0 Å². The topological polar surface area (TPSA) is 48.1 Å². The molecule has 1 aliphatic carbocycles. The minimum absolute atomic E-state index is 0.0569. The molecule has 4 nitrogen and oxygen atoms in total. The van der Waals surface area contributed by atoms with Gasteiger partial charge in [0.05, 0.1) is 0 Å². The van der Waals surface area contributed by atoms with Gasteiger partial charge in [-0.2, -0.15) is 0 Å². The number of nitrogens with zero attached hydrogens (tertiary/aromatic N) is 1. The summed E-state index contributed by atoms with van der Waals surface area (Å²) in [6.45, 7) is 9.94. The van der Waals surface area contributed by atoms with Crippen LogP contribution in [0.4, 0.5) is 5.69 Å². The predicted molar refractivity (Wildman–Crippen MR) is 114 cm³/mol. The van der Waals surface area contributed by atoms with Crippen LogP contribution >= 0.6 is 0 Å². The van der Waals surface area contributed by atoms with Crippen LogP contribution in [0.5, 0.6) is 0 Å². The van der Waals surface area contributed by atoms with Gasteiger partial charge in [0, 0.05) is 41.8 Å². The van der Waals surface area contributed by atoms with Gasteiger partial charge in [-0.25, -0.2) is 0 Å². The van der Waals surface area contributed by atoms with Crippen molar-refractivity contribution in [1.82, 2.24) is 9.88 Å². The van der Waals surface area contributed by atoms with Crippen molar-refractivity contribution in [2.24, 2.45) is 11.8 Å². The summed E-state index contributed by atoms with van der Waals surface area (Å²) in [5, 5.41) is 4.33. The minimum Gasteiger partial charge on any atom is -0.361 e. The molecule has 1 atom stereocenters. The Morgan fingerprint density at radius 1 is 1.26 bits per heavy atom. The Morgan fingerprint density at radius 2 is 2.07 bits per heavy atom. The molecule has 0 unspecified atom stereocenters. The lowest BCUT2D eigenvalue weighted by Gasteiger charge is -2.21. The second-order valence-corrected chi connectivity index (χ2v) is 8.25. The molecule has 1 aromatic carbocycles. The van der Waals surface area contributed by atoms with Gasteiger partial charge in [-0.1, -0.05) is 27.2 Å². The molecule has 0 radical (unpaired) electrons. The highest BCUT2D eigenvalue weighted by Gasteiger charge is 2.23. The third kappa shape index (κ3) is 5.58. The van der Waals surface area contributed by atoms with Crippen molar-refractivity contribution >= 4 is 22.5 Å². The van der Waals surface area contributed by atoms with Crippen molar-refractivity contribution < 1.29 is 4.79 Å². The molecule has 2 aromatic rings. The Hall–Kier alpha value is -1.81. The number of fused-ring (bicyclic) bond motifs is 1. The SMILES string of the molecule is CCC[C@H](C)C(=O)Nc1ccc2[nH]cc(CCN(CCC)CC3CC3)c2c1. The number of H-pyrrole nitrogens is 1. The third-order valence-electron chi connectivity index (χ3n) is 5.65. The predicted octanol–water partition coefficient (Wildman–Crippen LogP) is 5.21. The summed E-state index contributed by atoms with van der Waals surface area (Å²) in [7, 11) is 0. The molecule has 1 amide bonds. The van der Waals surface area contributed by atoms with Crippen molar-refractivity contribution in [3.8, 4) is 0 Å². The molecule has 1 fully saturated rings. The van der Waals surface area contributed by atoms with Gasteiger partial charge in [0.15, 0.2) is 0 Å². The first-order valence-electron chi connectivity index (χ1n) is 10.7. The molecule has 0 saturated heterocycles. The minimum atomic E-state index is 0.0569. The second-order valence-electron chi connectivity index (χ2n) is 8.25. The summed E-state index contributed by atoms with van der Waals surface area (Å²) < 4.78 is 0. The van der Waals surface area contributed by atoms with Crippen molar-refractivity contribution in [2.45, 2.75) is 59.3 Å². The molecule has 0 bridgehead atoms. The first kappa shape index (κ1) is 19.9. The molecule has 148 valence electrons. The van der Waals surface area contributed by atoms with Gasteiger partial charge in [0.2, 0.25) is 5.91 Å². The number of benzene rings is 1. The third-order valence-corrected chi connectivity index (χ3v) is 5.65. The maximum absolute atomic E-state index is 12.3. The van der Waals surface area contributed by atoms with Crippen LogP contribution in [0.2, 0.25) is 0 Å². The highest BCUT2D eigenvalue weighted by atomic mass is 16.1. The van der Waals surface area contributed by atoms with Crippen LogP contribution in [0.15, 0.2) is 24.4 Å². The zero-order chi connectivity index (χ0) is 19.2. The molecule has 1 aliphatic rings. The Morgan fingerprint density at radius 3 is 2.78 bits per heavy atom. The van der Waals surface area contributed by atoms with E-state index in [1.165, 1.54) is 43.3 Å². The van der Waals surface area contributed by atoms with Gasteiger partial charge in [-0.3, -0.25) is 4.79 Å². The van der Waals surface area contributed by atoms with Crippen molar-refractivity contribution in [2.75, 3.05) is 25.0 Å². The highest BCUT2D eigenvalue weighted by molar-refractivity contribution is 5.95. The maximum atomic E-state index is 12.3. The Kier molecular flexibility index (Phi) is 6.95. The van der Waals surface area contributed by atoms with Gasteiger partial charge in [-0.15, -0.1) is 0 Å². The van der Waals surface area contributed by atoms with E-state index in [0.717, 1.165) is 42.9 Å². The largest absolute Gasteiger partial charge is 0.361 e. The summed E-state index contributed by atoms with van der Waals surface area (Å²) in [5.41, 5.74) is 3.40. The average molecular weight is 370 g/mol. The summed E-state index contributed by atoms with van der Waals surface area (Å²) in [4.78, 5) is 18.3. The summed E-state index contributed by atoms with van der Waals surface area (Å²) >= 11 is 0. The first-order chi connectivity index (χ1) is 13.1. The molecule has 4 heteroatoms. The monoisotopic (exact) mass is 369 g/mol. The van der Waals surface area contributed by atoms with E-state index in [2.05, 4.69) is 47.4 Å². The number of amides is 1. The number of aromatic nitrogens is 1. The lowest BCUT2D eigenvalue weighted by molar-refractivity contribution is -0.119. The van der Waals surface area contributed by atoms with Crippen LogP contribution in [-0.4, -0.2) is 35.4 Å². The lowest BCUT2D eigenvalue weighted by Crippen LogP contribution is -2.29. The number of carbonyl (C=O) groups excluding carboxylic acids is 1. The highest BCUT2D eigenvalue weighted by Crippen LogP contribution is 2.30. The van der Waals surface area contributed by atoms with E-state index in [9.17, 15) is 4.79 Å². The lowest BCUT2D eigenvalue weighted by atomic mass is 10.0. The van der Waals surface area contributed by atoms with Crippen molar-refractivity contribution in [1.29, 1.82) is 0 Å². The number of rotatable bonds is 11. The molecule has 1 saturated carbocycles. The summed E-state index contributed by atoms with van der Waals surface area (Å²) in [5.74, 6) is 1.11. The standard InChI is InChI=1S/C23H35N3O/c1-4-6-17(3)23(27)25-20-9-10-22-21(14-20)19(15-24-22)11-13-26(12-5-2)16-18-7-8-18/h9-10,14-15,17-18,24H,4-8,11-13,16H2,1-3H3,(H,25,27)/t17-/m0/s1. The quantitative estimate of drug-likeness (QED) is 0.571. The molecule has 1 aromatic heterocycles. The fourth-order valence-corrected chi connectivity index (χ4v) is 3.85. The molecule has 2 N–H and O–H groups in total. The van der Waals surface area contributed by atoms with Crippen molar-refractivity contribution in [3.05, 3.63) is 30.0 Å². The van der Waals surface area contributed by atoms with E-state index in [-0.39, 0.29) is 11.8 Å². The number of anilines is 1. The molecule has 1 heterocycles. The fourth-order valence-electron chi connectivity index (χ4n) is 3.85. The van der Waals surface area contributed by atoms with Gasteiger partial charge in [-0.05, 0) is 68.3 Å². The van der Waals surface area contributed by atoms with E-state index < -0.39 is 0 Å². The Bertz CT molecular complexity index is 747. The smallest absolute Gasteiger partial charge is 0.227 e. The number of aromatic amines is 1. The number of carbonyl (C=O) groups is 1. The van der Waals surface area contributed by atoms with Crippen LogP contribution in [-0.2, 0) is 11.2 Å². The van der Waals surface area contributed by atoms with Crippen LogP contribution in [0, 0.1) is 11.8 Å². The van der Waals surface area contributed by atoms with E-state index in [4.69, 9.17) is 0 Å². The molecule has 3 rings (SSSR count). The molecular formula is C23H35N3O. The molecule has 27 heavy (non-hydrogen) atoms. The normalized spacial score (nSPS) is 15.4. The molecular weight excluding hydrogens is 334 g/mol. The Balaban J connectivity index is 1.66. The van der Waals surface area contributed by atoms with Crippen molar-refractivity contribution in [3.63, 3.8) is 0 Å². The molecule has 0 spiro atoms. The first-order valence-corrected chi connectivity index (χ1v) is 10.7. The van der Waals surface area contributed by atoms with Crippen LogP contribution in [0.1, 0.15) is 58.4 Å². The Labute approximate surface area is 163 Å². The van der Waals surface area contributed by atoms with Crippen LogP contribution in [0.3, 0.4) is 0 Å². The van der Waals surface area contributed by atoms with Crippen LogP contribution in [0.25, 0.3) is 10.9 Å². The van der Waals surface area contributed by atoms with E-state index >= 15 is 0 Å².